The first-order valence-electron chi connectivity index (χ1n) is 12.0. The van der Waals surface area contributed by atoms with Crippen LogP contribution in [0.15, 0.2) is 65.5 Å². The fourth-order valence-electron chi connectivity index (χ4n) is 5.12. The zero-order chi connectivity index (χ0) is 27.4. The van der Waals surface area contributed by atoms with E-state index in [1.54, 1.807) is 75.5 Å². The zero-order valence-corrected chi connectivity index (χ0v) is 21.7. The molecule has 3 amide bonds. The molecule has 0 bridgehead atoms. The number of hydrogen-bond donors (Lipinski definition) is 3. The average molecular weight is 535 g/mol. The van der Waals surface area contributed by atoms with Crippen LogP contribution in [0.5, 0.6) is 0 Å². The van der Waals surface area contributed by atoms with Gasteiger partial charge in [-0.2, -0.15) is 0 Å². The highest BCUT2D eigenvalue weighted by atomic mass is 32.2. The quantitative estimate of drug-likeness (QED) is 0.409. The SMILES string of the molecule is Cn1c(=O)c(C(=O)NC(C(=O)NC2C(=O)N3C2SC(C)(C)C3C(=O)O)c2ccccc2)cc2ccccc21. The molecule has 0 spiro atoms. The van der Waals surface area contributed by atoms with Crippen LogP contribution in [0.4, 0.5) is 0 Å². The highest BCUT2D eigenvalue weighted by molar-refractivity contribution is 8.01. The van der Waals surface area contributed by atoms with Crippen molar-refractivity contribution in [2.45, 2.75) is 42.1 Å². The van der Waals surface area contributed by atoms with E-state index in [0.29, 0.717) is 16.5 Å². The summed E-state index contributed by atoms with van der Waals surface area (Å²) < 4.78 is 0.635. The molecule has 0 aliphatic carbocycles. The molecule has 2 aliphatic heterocycles. The summed E-state index contributed by atoms with van der Waals surface area (Å²) in [6.45, 7) is 3.50. The second-order valence-electron chi connectivity index (χ2n) is 9.88. The molecule has 5 rings (SSSR count). The van der Waals surface area contributed by atoms with Crippen LogP contribution in [0.3, 0.4) is 0 Å². The number of aromatic nitrogens is 1. The molecule has 38 heavy (non-hydrogen) atoms. The first kappa shape index (κ1) is 25.5. The third kappa shape index (κ3) is 4.12. The lowest BCUT2D eigenvalue weighted by Crippen LogP contribution is -2.71. The predicted octanol–water partition coefficient (Wildman–Crippen LogP) is 1.64. The van der Waals surface area contributed by atoms with Gasteiger partial charge in [0.1, 0.15) is 29.1 Å². The largest absolute Gasteiger partial charge is 0.480 e. The summed E-state index contributed by atoms with van der Waals surface area (Å²) in [5, 5.41) is 15.2. The Morgan fingerprint density at radius 2 is 1.68 bits per heavy atom. The number of carboxylic acids is 1. The van der Waals surface area contributed by atoms with Crippen molar-refractivity contribution in [2.24, 2.45) is 7.05 Å². The Morgan fingerprint density at radius 3 is 2.37 bits per heavy atom. The minimum absolute atomic E-state index is 0.122. The highest BCUT2D eigenvalue weighted by Gasteiger charge is 2.64. The maximum Gasteiger partial charge on any atom is 0.327 e. The number of fused-ring (bicyclic) bond motifs is 2. The zero-order valence-electron chi connectivity index (χ0n) is 20.9. The molecule has 4 unspecified atom stereocenters. The van der Waals surface area contributed by atoms with Gasteiger partial charge in [0.2, 0.25) is 11.8 Å². The van der Waals surface area contributed by atoms with Crippen LogP contribution >= 0.6 is 11.8 Å². The number of thioether (sulfide) groups is 1. The van der Waals surface area contributed by atoms with Crippen molar-refractivity contribution in [3.63, 3.8) is 0 Å². The van der Waals surface area contributed by atoms with Crippen LogP contribution in [0, 0.1) is 0 Å². The lowest BCUT2D eigenvalue weighted by molar-refractivity contribution is -0.161. The Kier molecular flexibility index (Phi) is 6.26. The Bertz CT molecular complexity index is 1540. The number of rotatable bonds is 6. The van der Waals surface area contributed by atoms with Crippen molar-refractivity contribution in [3.05, 3.63) is 82.1 Å². The van der Waals surface area contributed by atoms with Crippen molar-refractivity contribution in [1.82, 2.24) is 20.1 Å². The van der Waals surface area contributed by atoms with Gasteiger partial charge < -0.3 is 25.2 Å². The second-order valence-corrected chi connectivity index (χ2v) is 11.7. The van der Waals surface area contributed by atoms with Gasteiger partial charge in [0.05, 0.1) is 5.52 Å². The molecule has 4 atom stereocenters. The standard InChI is InChI=1S/C27H26N4O6S/c1-27(2)20(26(36)37)31-24(35)19(25(31)38-27)29-22(33)18(14-9-5-4-6-10-14)28-21(32)16-13-15-11-7-8-12-17(15)30(3)23(16)34/h4-13,18-20,25H,1-3H3,(H,28,32)(H,29,33)(H,36,37). The van der Waals surface area contributed by atoms with Gasteiger partial charge in [-0.3, -0.25) is 19.2 Å². The fourth-order valence-corrected chi connectivity index (χ4v) is 6.75. The number of amides is 3. The number of carbonyl (C=O) groups excluding carboxylic acids is 3. The molecule has 3 aromatic rings. The molecule has 196 valence electrons. The molecule has 3 N–H and O–H groups in total. The minimum atomic E-state index is -1.20. The van der Waals surface area contributed by atoms with E-state index in [0.717, 1.165) is 0 Å². The summed E-state index contributed by atoms with van der Waals surface area (Å²) in [4.78, 5) is 65.7. The molecule has 11 heteroatoms. The molecule has 0 radical (unpaired) electrons. The van der Waals surface area contributed by atoms with Crippen LogP contribution in [-0.4, -0.2) is 60.5 Å². The van der Waals surface area contributed by atoms with Crippen molar-refractivity contribution < 1.29 is 24.3 Å². The number of nitrogens with one attached hydrogen (secondary N) is 2. The third-order valence-corrected chi connectivity index (χ3v) is 8.59. The number of hydrogen-bond acceptors (Lipinski definition) is 6. The van der Waals surface area contributed by atoms with E-state index in [1.807, 2.05) is 0 Å². The van der Waals surface area contributed by atoms with E-state index < -0.39 is 57.5 Å². The van der Waals surface area contributed by atoms with E-state index in [4.69, 9.17) is 0 Å². The number of benzene rings is 2. The van der Waals surface area contributed by atoms with Gasteiger partial charge in [-0.25, -0.2) is 4.79 Å². The number of para-hydroxylation sites is 1. The second kappa shape index (κ2) is 9.32. The van der Waals surface area contributed by atoms with Crippen LogP contribution in [-0.2, 0) is 21.4 Å². The van der Waals surface area contributed by atoms with Gasteiger partial charge in [0, 0.05) is 11.8 Å². The maximum absolute atomic E-state index is 13.5. The molecule has 10 nitrogen and oxygen atoms in total. The summed E-state index contributed by atoms with van der Waals surface area (Å²) in [5.41, 5.74) is 0.490. The van der Waals surface area contributed by atoms with E-state index >= 15 is 0 Å². The summed E-state index contributed by atoms with van der Waals surface area (Å²) in [6, 6.07) is 14.0. The summed E-state index contributed by atoms with van der Waals surface area (Å²) >= 11 is 1.31. The Morgan fingerprint density at radius 1 is 1.03 bits per heavy atom. The number of pyridine rings is 1. The smallest absolute Gasteiger partial charge is 0.327 e. The van der Waals surface area contributed by atoms with Gasteiger partial charge in [-0.1, -0.05) is 48.5 Å². The highest BCUT2D eigenvalue weighted by Crippen LogP contribution is 2.50. The van der Waals surface area contributed by atoms with Gasteiger partial charge in [0.25, 0.3) is 11.5 Å². The molecule has 2 fully saturated rings. The van der Waals surface area contributed by atoms with Gasteiger partial charge in [0.15, 0.2) is 0 Å². The Hall–Kier alpha value is -4.12. The Labute approximate surface area is 222 Å². The van der Waals surface area contributed by atoms with Gasteiger partial charge in [-0.15, -0.1) is 11.8 Å². The molecule has 2 aromatic carbocycles. The molecule has 1 aromatic heterocycles. The summed E-state index contributed by atoms with van der Waals surface area (Å²) in [6.07, 6.45) is 0. The molecular formula is C27H26N4O6S. The molecule has 2 saturated heterocycles. The maximum atomic E-state index is 13.5. The van der Waals surface area contributed by atoms with E-state index in [1.165, 1.54) is 27.3 Å². The minimum Gasteiger partial charge on any atom is -0.480 e. The molecular weight excluding hydrogens is 508 g/mol. The molecule has 3 heterocycles. The van der Waals surface area contributed by atoms with Crippen molar-refractivity contribution in [1.29, 1.82) is 0 Å². The number of carboxylic acid groups (broad SMARTS) is 1. The van der Waals surface area contributed by atoms with E-state index in [9.17, 15) is 29.1 Å². The number of carbonyl (C=O) groups is 4. The third-order valence-electron chi connectivity index (χ3n) is 7.02. The monoisotopic (exact) mass is 534 g/mol. The predicted molar refractivity (Wildman–Crippen MR) is 141 cm³/mol. The average Bonchev–Trinajstić information content (AvgIpc) is 3.16. The normalized spacial score (nSPS) is 22.3. The van der Waals surface area contributed by atoms with Crippen molar-refractivity contribution >= 4 is 46.4 Å². The number of aliphatic carboxylic acids is 1. The van der Waals surface area contributed by atoms with Gasteiger partial charge >= 0.3 is 5.97 Å². The summed E-state index contributed by atoms with van der Waals surface area (Å²) in [5.74, 6) is -2.97. The fraction of sp³-hybridized carbons (Fsp3) is 0.296. The van der Waals surface area contributed by atoms with Crippen LogP contribution in [0.2, 0.25) is 0 Å². The van der Waals surface area contributed by atoms with Crippen LogP contribution < -0.4 is 16.2 Å². The van der Waals surface area contributed by atoms with Crippen LogP contribution in [0.25, 0.3) is 10.9 Å². The molecule has 0 saturated carbocycles. The first-order valence-corrected chi connectivity index (χ1v) is 12.9. The number of aryl methyl sites for hydroxylation is 1. The number of nitrogens with zero attached hydrogens (tertiary/aromatic N) is 2. The van der Waals surface area contributed by atoms with Crippen molar-refractivity contribution in [2.75, 3.05) is 0 Å². The molecule has 2 aliphatic rings. The number of β-lactam (4-membered cyclic amide) rings is 1. The Balaban J connectivity index is 1.41. The van der Waals surface area contributed by atoms with Gasteiger partial charge in [-0.05, 0) is 36.9 Å². The topological polar surface area (TPSA) is 138 Å². The van der Waals surface area contributed by atoms with E-state index in [-0.39, 0.29) is 5.56 Å². The van der Waals surface area contributed by atoms with Crippen LogP contribution in [0.1, 0.15) is 35.8 Å². The van der Waals surface area contributed by atoms with E-state index in [2.05, 4.69) is 10.6 Å². The lowest BCUT2D eigenvalue weighted by Gasteiger charge is -2.44. The lowest BCUT2D eigenvalue weighted by atomic mass is 9.95. The summed E-state index contributed by atoms with van der Waals surface area (Å²) in [7, 11) is 1.57. The van der Waals surface area contributed by atoms with Crippen molar-refractivity contribution in [3.8, 4) is 0 Å². The first-order chi connectivity index (χ1) is 18.0.